The number of aryl methyl sites for hydroxylation is 4. The molecule has 0 aliphatic carbocycles. The zero-order valence-corrected chi connectivity index (χ0v) is 18.7. The number of thiophene rings is 1. The number of nitrogens with zero attached hydrogens (tertiary/aromatic N) is 1. The molecule has 0 bridgehead atoms. The lowest BCUT2D eigenvalue weighted by molar-refractivity contribution is 0.0651. The van der Waals surface area contributed by atoms with Gasteiger partial charge in [0.05, 0.1) is 18.1 Å². The topological polar surface area (TPSA) is 67.6 Å². The molecular weight excluding hydrogens is 406 g/mol. The maximum Gasteiger partial charge on any atom is 0.290 e. The average molecular weight is 432 g/mol. The molecule has 1 aliphatic heterocycles. The average Bonchev–Trinajstić information content (AvgIpc) is 3.33. The summed E-state index contributed by atoms with van der Waals surface area (Å²) in [6, 6.07) is 5.71. The Morgan fingerprint density at radius 1 is 1.14 bits per heavy atom. The minimum absolute atomic E-state index is 0.0145. The van der Waals surface area contributed by atoms with Crippen LogP contribution >= 0.6 is 11.3 Å². The van der Waals surface area contributed by atoms with Crippen LogP contribution in [0.1, 0.15) is 44.1 Å². The van der Waals surface area contributed by atoms with E-state index in [4.69, 9.17) is 4.42 Å². The Bertz CT molecular complexity index is 1200. The molecule has 4 rings (SSSR count). The molecule has 1 atom stereocenters. The standard InChI is InChI=1S/C22H25NO4S2/c1-13-5-6-18-16(4)21(27-20(18)15(13)3)22(24)23(11-19-14(2)7-9-28-19)17-8-10-29(25,26)12-17/h5-7,9,17H,8,10-12H2,1-4H3. The second-order valence-corrected chi connectivity index (χ2v) is 11.2. The van der Waals surface area contributed by atoms with Crippen LogP contribution in [0.2, 0.25) is 0 Å². The minimum Gasteiger partial charge on any atom is -0.450 e. The van der Waals surface area contributed by atoms with E-state index in [0.717, 1.165) is 38.1 Å². The molecule has 1 fully saturated rings. The van der Waals surface area contributed by atoms with Crippen LogP contribution < -0.4 is 0 Å². The molecule has 7 heteroatoms. The number of hydrogen-bond acceptors (Lipinski definition) is 5. The number of amides is 1. The number of carbonyl (C=O) groups excluding carboxylic acids is 1. The van der Waals surface area contributed by atoms with E-state index in [9.17, 15) is 13.2 Å². The highest BCUT2D eigenvalue weighted by Crippen LogP contribution is 2.32. The van der Waals surface area contributed by atoms with E-state index < -0.39 is 9.84 Å². The normalized spacial score (nSPS) is 18.4. The predicted molar refractivity (Wildman–Crippen MR) is 116 cm³/mol. The van der Waals surface area contributed by atoms with Gasteiger partial charge >= 0.3 is 0 Å². The van der Waals surface area contributed by atoms with Crippen molar-refractivity contribution >= 4 is 38.1 Å². The maximum absolute atomic E-state index is 13.6. The van der Waals surface area contributed by atoms with Gasteiger partial charge < -0.3 is 9.32 Å². The lowest BCUT2D eigenvalue weighted by Crippen LogP contribution is -2.40. The van der Waals surface area contributed by atoms with E-state index in [1.165, 1.54) is 0 Å². The number of furan rings is 1. The van der Waals surface area contributed by atoms with Gasteiger partial charge in [0, 0.05) is 21.9 Å². The quantitative estimate of drug-likeness (QED) is 0.607. The number of rotatable bonds is 4. The summed E-state index contributed by atoms with van der Waals surface area (Å²) >= 11 is 1.59. The highest BCUT2D eigenvalue weighted by molar-refractivity contribution is 7.91. The molecule has 1 aromatic carbocycles. The number of fused-ring (bicyclic) bond motifs is 1. The molecule has 1 unspecified atom stereocenters. The minimum atomic E-state index is -3.11. The summed E-state index contributed by atoms with van der Waals surface area (Å²) in [5, 5.41) is 2.93. The predicted octanol–water partition coefficient (Wildman–Crippen LogP) is 4.56. The van der Waals surface area contributed by atoms with Gasteiger partial charge in [-0.25, -0.2) is 8.42 Å². The van der Waals surface area contributed by atoms with Crippen LogP contribution in [0.25, 0.3) is 11.0 Å². The Labute approximate surface area is 175 Å². The van der Waals surface area contributed by atoms with Crippen molar-refractivity contribution in [2.75, 3.05) is 11.5 Å². The number of benzene rings is 1. The monoisotopic (exact) mass is 431 g/mol. The highest BCUT2D eigenvalue weighted by Gasteiger charge is 2.37. The third-order valence-corrected chi connectivity index (χ3v) is 8.77. The number of carbonyl (C=O) groups is 1. The third-order valence-electron chi connectivity index (χ3n) is 6.01. The van der Waals surface area contributed by atoms with E-state index in [-0.39, 0.29) is 23.5 Å². The van der Waals surface area contributed by atoms with Gasteiger partial charge in [-0.05, 0) is 62.3 Å². The summed E-state index contributed by atoms with van der Waals surface area (Å²) in [5.41, 5.74) is 4.78. The van der Waals surface area contributed by atoms with Gasteiger partial charge in [-0.3, -0.25) is 4.79 Å². The Morgan fingerprint density at radius 2 is 1.90 bits per heavy atom. The molecule has 1 amide bonds. The summed E-state index contributed by atoms with van der Waals surface area (Å²) in [6.07, 6.45) is 0.468. The van der Waals surface area contributed by atoms with Crippen molar-refractivity contribution in [2.24, 2.45) is 0 Å². The largest absolute Gasteiger partial charge is 0.450 e. The van der Waals surface area contributed by atoms with Gasteiger partial charge in [0.2, 0.25) is 0 Å². The molecule has 1 aliphatic rings. The van der Waals surface area contributed by atoms with Gasteiger partial charge in [0.25, 0.3) is 5.91 Å². The Hall–Kier alpha value is -2.12. The van der Waals surface area contributed by atoms with Crippen LogP contribution in [0.3, 0.4) is 0 Å². The lowest BCUT2D eigenvalue weighted by atomic mass is 10.0. The van der Waals surface area contributed by atoms with Crippen LogP contribution in [-0.2, 0) is 16.4 Å². The molecule has 0 N–H and O–H groups in total. The number of hydrogen-bond donors (Lipinski definition) is 0. The number of sulfone groups is 1. The fourth-order valence-corrected chi connectivity index (χ4v) is 6.60. The van der Waals surface area contributed by atoms with E-state index >= 15 is 0 Å². The molecule has 3 aromatic rings. The molecule has 0 radical (unpaired) electrons. The Morgan fingerprint density at radius 3 is 2.52 bits per heavy atom. The maximum atomic E-state index is 13.6. The fourth-order valence-electron chi connectivity index (χ4n) is 3.96. The first-order valence-electron chi connectivity index (χ1n) is 9.71. The van der Waals surface area contributed by atoms with Crippen LogP contribution in [0.5, 0.6) is 0 Å². The van der Waals surface area contributed by atoms with E-state index in [1.807, 2.05) is 51.3 Å². The first-order valence-corrected chi connectivity index (χ1v) is 12.4. The zero-order chi connectivity index (χ0) is 20.9. The summed E-state index contributed by atoms with van der Waals surface area (Å²) in [4.78, 5) is 16.4. The molecular formula is C22H25NO4S2. The molecule has 0 spiro atoms. The SMILES string of the molecule is Cc1ccsc1CN(C(=O)c1oc2c(C)c(C)ccc2c1C)C1CCS(=O)(=O)C1. The van der Waals surface area contributed by atoms with Crippen molar-refractivity contribution in [3.05, 3.63) is 56.5 Å². The van der Waals surface area contributed by atoms with Crippen molar-refractivity contribution in [1.82, 2.24) is 4.90 Å². The van der Waals surface area contributed by atoms with Crippen molar-refractivity contribution in [3.63, 3.8) is 0 Å². The summed E-state index contributed by atoms with van der Waals surface area (Å²) in [6.45, 7) is 8.32. The second kappa shape index (κ2) is 7.29. The molecule has 154 valence electrons. The van der Waals surface area contributed by atoms with Crippen molar-refractivity contribution in [1.29, 1.82) is 0 Å². The summed E-state index contributed by atoms with van der Waals surface area (Å²) in [7, 11) is -3.11. The molecule has 0 saturated carbocycles. The van der Waals surface area contributed by atoms with Gasteiger partial charge in [0.15, 0.2) is 15.6 Å². The van der Waals surface area contributed by atoms with Crippen LogP contribution in [0.15, 0.2) is 28.0 Å². The third kappa shape index (κ3) is 3.62. The lowest BCUT2D eigenvalue weighted by Gasteiger charge is -2.27. The first kappa shape index (κ1) is 20.2. The van der Waals surface area contributed by atoms with Crippen molar-refractivity contribution < 1.29 is 17.6 Å². The van der Waals surface area contributed by atoms with E-state index in [1.54, 1.807) is 16.2 Å². The molecule has 29 heavy (non-hydrogen) atoms. The smallest absolute Gasteiger partial charge is 0.290 e. The Balaban J connectivity index is 1.77. The second-order valence-electron chi connectivity index (χ2n) is 7.96. The van der Waals surface area contributed by atoms with Crippen molar-refractivity contribution in [3.8, 4) is 0 Å². The van der Waals surface area contributed by atoms with Gasteiger partial charge in [-0.2, -0.15) is 0 Å². The molecule has 3 heterocycles. The van der Waals surface area contributed by atoms with Gasteiger partial charge in [-0.15, -0.1) is 11.3 Å². The van der Waals surface area contributed by atoms with Crippen molar-refractivity contribution in [2.45, 2.75) is 46.7 Å². The summed E-state index contributed by atoms with van der Waals surface area (Å²) in [5.74, 6) is 0.223. The molecule has 1 saturated heterocycles. The fraction of sp³-hybridized carbons (Fsp3) is 0.409. The Kier molecular flexibility index (Phi) is 5.07. The van der Waals surface area contributed by atoms with Crippen LogP contribution in [0, 0.1) is 27.7 Å². The first-order chi connectivity index (χ1) is 13.7. The molecule has 5 nitrogen and oxygen atoms in total. The zero-order valence-electron chi connectivity index (χ0n) is 17.1. The van der Waals surface area contributed by atoms with Gasteiger partial charge in [-0.1, -0.05) is 12.1 Å². The van der Waals surface area contributed by atoms with E-state index in [2.05, 4.69) is 0 Å². The van der Waals surface area contributed by atoms with Crippen LogP contribution in [0.4, 0.5) is 0 Å². The van der Waals surface area contributed by atoms with Gasteiger partial charge in [0.1, 0.15) is 5.58 Å². The highest BCUT2D eigenvalue weighted by atomic mass is 32.2. The summed E-state index contributed by atoms with van der Waals surface area (Å²) < 4.78 is 30.3. The van der Waals surface area contributed by atoms with Crippen LogP contribution in [-0.4, -0.2) is 36.8 Å². The van der Waals surface area contributed by atoms with E-state index in [0.29, 0.717) is 18.7 Å². The molecule has 2 aromatic heterocycles.